The van der Waals surface area contributed by atoms with Gasteiger partial charge in [0, 0.05) is 57.4 Å². The van der Waals surface area contributed by atoms with Gasteiger partial charge < -0.3 is 14.5 Å². The number of anilines is 1. The molecule has 132 valence electrons. The van der Waals surface area contributed by atoms with Gasteiger partial charge in [0.25, 0.3) is 5.91 Å². The molecule has 1 fully saturated rings. The third-order valence-electron chi connectivity index (χ3n) is 4.49. The van der Waals surface area contributed by atoms with Crippen molar-refractivity contribution in [1.29, 1.82) is 0 Å². The topological polar surface area (TPSA) is 45.7 Å². The number of hydrogen-bond donors (Lipinski definition) is 0. The second-order valence-corrected chi connectivity index (χ2v) is 6.62. The first-order valence-corrected chi connectivity index (χ1v) is 8.70. The third kappa shape index (κ3) is 4.57. The molecule has 0 radical (unpaired) electrons. The van der Waals surface area contributed by atoms with Gasteiger partial charge in [-0.25, -0.2) is 0 Å². The van der Waals surface area contributed by atoms with Crippen molar-refractivity contribution < 1.29 is 9.53 Å². The summed E-state index contributed by atoms with van der Waals surface area (Å²) in [5.41, 5.74) is 2.93. The van der Waals surface area contributed by atoms with Crippen molar-refractivity contribution in [2.75, 3.05) is 32.1 Å². The van der Waals surface area contributed by atoms with E-state index in [0.717, 1.165) is 30.7 Å². The quantitative estimate of drug-likeness (QED) is 0.812. The molecule has 5 nitrogen and oxygen atoms in total. The van der Waals surface area contributed by atoms with Gasteiger partial charge in [0.05, 0.1) is 6.10 Å². The summed E-state index contributed by atoms with van der Waals surface area (Å²) in [7, 11) is 4.04. The zero-order chi connectivity index (χ0) is 17.6. The Morgan fingerprint density at radius 2 is 1.88 bits per heavy atom. The maximum absolute atomic E-state index is 12.9. The van der Waals surface area contributed by atoms with Gasteiger partial charge in [-0.3, -0.25) is 9.78 Å². The predicted molar refractivity (Wildman–Crippen MR) is 98.7 cm³/mol. The largest absolute Gasteiger partial charge is 0.378 e. The summed E-state index contributed by atoms with van der Waals surface area (Å²) >= 11 is 0. The molecule has 1 aromatic carbocycles. The first kappa shape index (κ1) is 17.4. The summed E-state index contributed by atoms with van der Waals surface area (Å²) in [5.74, 6) is 0.0228. The molecule has 1 saturated heterocycles. The smallest absolute Gasteiger partial charge is 0.254 e. The lowest BCUT2D eigenvalue weighted by Gasteiger charge is -2.26. The Balaban J connectivity index is 1.76. The van der Waals surface area contributed by atoms with Gasteiger partial charge in [-0.15, -0.1) is 0 Å². The van der Waals surface area contributed by atoms with Crippen molar-refractivity contribution in [3.05, 3.63) is 59.9 Å². The molecule has 0 N–H and O–H groups in total. The van der Waals surface area contributed by atoms with E-state index >= 15 is 0 Å². The van der Waals surface area contributed by atoms with Crippen molar-refractivity contribution in [2.24, 2.45) is 0 Å². The number of ether oxygens (including phenoxy) is 1. The van der Waals surface area contributed by atoms with E-state index in [9.17, 15) is 4.79 Å². The molecule has 1 aliphatic heterocycles. The van der Waals surface area contributed by atoms with Crippen LogP contribution in [0.2, 0.25) is 0 Å². The van der Waals surface area contributed by atoms with Gasteiger partial charge >= 0.3 is 0 Å². The number of carbonyl (C=O) groups is 1. The number of pyridine rings is 1. The van der Waals surface area contributed by atoms with Gasteiger partial charge in [-0.2, -0.15) is 0 Å². The molecular formula is C20H25N3O2. The molecule has 5 heteroatoms. The van der Waals surface area contributed by atoms with Crippen LogP contribution in [0.25, 0.3) is 0 Å². The Hall–Kier alpha value is -2.40. The van der Waals surface area contributed by atoms with Gasteiger partial charge in [0.15, 0.2) is 0 Å². The Kier molecular flexibility index (Phi) is 5.66. The van der Waals surface area contributed by atoms with Crippen LogP contribution in [0.3, 0.4) is 0 Å². The number of nitrogens with zero attached hydrogens (tertiary/aromatic N) is 3. The molecule has 0 bridgehead atoms. The van der Waals surface area contributed by atoms with Crippen LogP contribution in [0.1, 0.15) is 28.8 Å². The SMILES string of the molecule is CN(C)c1ccc(CN(C[C@H]2CCCO2)C(=O)c2ccncc2)cc1. The number of carbonyl (C=O) groups excluding carboxylic acids is 1. The van der Waals surface area contributed by atoms with Crippen LogP contribution in [0.5, 0.6) is 0 Å². The molecule has 2 heterocycles. The van der Waals surface area contributed by atoms with E-state index in [2.05, 4.69) is 34.1 Å². The molecular weight excluding hydrogens is 314 g/mol. The highest BCUT2D eigenvalue weighted by Crippen LogP contribution is 2.19. The van der Waals surface area contributed by atoms with E-state index in [-0.39, 0.29) is 12.0 Å². The normalized spacial score (nSPS) is 16.6. The lowest BCUT2D eigenvalue weighted by atomic mass is 10.1. The monoisotopic (exact) mass is 339 g/mol. The summed E-state index contributed by atoms with van der Waals surface area (Å²) in [6.07, 6.45) is 5.53. The van der Waals surface area contributed by atoms with E-state index in [0.29, 0.717) is 18.7 Å². The zero-order valence-corrected chi connectivity index (χ0v) is 14.9. The van der Waals surface area contributed by atoms with E-state index in [4.69, 9.17) is 4.74 Å². The fourth-order valence-corrected chi connectivity index (χ4v) is 3.05. The van der Waals surface area contributed by atoms with E-state index in [1.165, 1.54) is 0 Å². The zero-order valence-electron chi connectivity index (χ0n) is 14.9. The molecule has 25 heavy (non-hydrogen) atoms. The lowest BCUT2D eigenvalue weighted by molar-refractivity contribution is 0.0507. The first-order chi connectivity index (χ1) is 12.1. The van der Waals surface area contributed by atoms with Crippen LogP contribution in [0.15, 0.2) is 48.8 Å². The van der Waals surface area contributed by atoms with Crippen molar-refractivity contribution in [2.45, 2.75) is 25.5 Å². The summed E-state index contributed by atoms with van der Waals surface area (Å²) in [4.78, 5) is 20.9. The number of benzene rings is 1. The predicted octanol–water partition coefficient (Wildman–Crippen LogP) is 2.97. The van der Waals surface area contributed by atoms with Crippen LogP contribution in [-0.2, 0) is 11.3 Å². The van der Waals surface area contributed by atoms with Crippen LogP contribution >= 0.6 is 0 Å². The highest BCUT2D eigenvalue weighted by atomic mass is 16.5. The lowest BCUT2D eigenvalue weighted by Crippen LogP contribution is -2.37. The molecule has 2 aromatic rings. The number of amides is 1. The van der Waals surface area contributed by atoms with Crippen LogP contribution in [-0.4, -0.2) is 49.1 Å². The number of rotatable bonds is 6. The molecule has 0 spiro atoms. The second kappa shape index (κ2) is 8.12. The van der Waals surface area contributed by atoms with Gasteiger partial charge in [0.1, 0.15) is 0 Å². The molecule has 1 aliphatic rings. The van der Waals surface area contributed by atoms with E-state index in [1.807, 2.05) is 19.0 Å². The van der Waals surface area contributed by atoms with Gasteiger partial charge in [0.2, 0.25) is 0 Å². The van der Waals surface area contributed by atoms with Crippen molar-refractivity contribution in [1.82, 2.24) is 9.88 Å². The van der Waals surface area contributed by atoms with Gasteiger partial charge in [-0.05, 0) is 42.7 Å². The van der Waals surface area contributed by atoms with E-state index < -0.39 is 0 Å². The molecule has 1 atom stereocenters. The van der Waals surface area contributed by atoms with Crippen LogP contribution in [0, 0.1) is 0 Å². The van der Waals surface area contributed by atoms with E-state index in [1.54, 1.807) is 24.5 Å². The molecule has 1 aromatic heterocycles. The minimum atomic E-state index is 0.0228. The molecule has 0 unspecified atom stereocenters. The molecule has 3 rings (SSSR count). The third-order valence-corrected chi connectivity index (χ3v) is 4.49. The van der Waals surface area contributed by atoms with Crippen molar-refractivity contribution in [3.63, 3.8) is 0 Å². The Bertz CT molecular complexity index is 680. The summed E-state index contributed by atoms with van der Waals surface area (Å²) in [6, 6.07) is 11.8. The average molecular weight is 339 g/mol. The van der Waals surface area contributed by atoms with Crippen LogP contribution < -0.4 is 4.90 Å². The molecule has 1 amide bonds. The highest BCUT2D eigenvalue weighted by Gasteiger charge is 2.23. The molecule has 0 aliphatic carbocycles. The summed E-state index contributed by atoms with van der Waals surface area (Å²) in [6.45, 7) is 1.99. The van der Waals surface area contributed by atoms with Crippen molar-refractivity contribution >= 4 is 11.6 Å². The summed E-state index contributed by atoms with van der Waals surface area (Å²) in [5, 5.41) is 0. The Labute approximate surface area is 149 Å². The fourth-order valence-electron chi connectivity index (χ4n) is 3.05. The fraction of sp³-hybridized carbons (Fsp3) is 0.400. The van der Waals surface area contributed by atoms with Crippen molar-refractivity contribution in [3.8, 4) is 0 Å². The minimum absolute atomic E-state index is 0.0228. The minimum Gasteiger partial charge on any atom is -0.378 e. The number of hydrogen-bond acceptors (Lipinski definition) is 4. The number of aromatic nitrogens is 1. The average Bonchev–Trinajstić information content (AvgIpc) is 3.15. The Morgan fingerprint density at radius 3 is 2.48 bits per heavy atom. The summed E-state index contributed by atoms with van der Waals surface area (Å²) < 4.78 is 5.74. The van der Waals surface area contributed by atoms with Gasteiger partial charge in [-0.1, -0.05) is 12.1 Å². The molecule has 0 saturated carbocycles. The highest BCUT2D eigenvalue weighted by molar-refractivity contribution is 5.94. The second-order valence-electron chi connectivity index (χ2n) is 6.62. The standard InChI is InChI=1S/C20H25N3O2/c1-22(2)18-7-5-16(6-8-18)14-23(15-19-4-3-13-25-19)20(24)17-9-11-21-12-10-17/h5-12,19H,3-4,13-15H2,1-2H3/t19-/m1/s1. The Morgan fingerprint density at radius 1 is 1.16 bits per heavy atom. The first-order valence-electron chi connectivity index (χ1n) is 8.70. The maximum Gasteiger partial charge on any atom is 0.254 e. The maximum atomic E-state index is 12.9. The van der Waals surface area contributed by atoms with Crippen LogP contribution in [0.4, 0.5) is 5.69 Å².